The SMILES string of the molecule is COc1ccc(-c2noc(-c3c(SC)nn(CC(=O)Nc4ccc(Cl)cc4)c3N)n2)cc1. The van der Waals surface area contributed by atoms with Crippen molar-refractivity contribution in [3.8, 4) is 28.6 Å². The fourth-order valence-corrected chi connectivity index (χ4v) is 3.67. The van der Waals surface area contributed by atoms with Gasteiger partial charge in [0.25, 0.3) is 5.89 Å². The summed E-state index contributed by atoms with van der Waals surface area (Å²) in [4.78, 5) is 16.9. The highest BCUT2D eigenvalue weighted by Crippen LogP contribution is 2.35. The summed E-state index contributed by atoms with van der Waals surface area (Å²) in [5.41, 5.74) is 8.18. The van der Waals surface area contributed by atoms with Gasteiger partial charge in [0.15, 0.2) is 0 Å². The zero-order valence-electron chi connectivity index (χ0n) is 17.2. The van der Waals surface area contributed by atoms with Crippen LogP contribution < -0.4 is 15.8 Å². The van der Waals surface area contributed by atoms with Crippen LogP contribution in [0.25, 0.3) is 22.8 Å². The number of halogens is 1. The van der Waals surface area contributed by atoms with E-state index in [1.54, 1.807) is 31.4 Å². The van der Waals surface area contributed by atoms with Gasteiger partial charge in [-0.15, -0.1) is 11.8 Å². The molecule has 0 bridgehead atoms. The van der Waals surface area contributed by atoms with Crippen molar-refractivity contribution in [3.63, 3.8) is 0 Å². The second-order valence-electron chi connectivity index (χ2n) is 6.63. The van der Waals surface area contributed by atoms with E-state index >= 15 is 0 Å². The first kappa shape index (κ1) is 21.7. The maximum atomic E-state index is 12.5. The number of ether oxygens (including phenoxy) is 1. The number of nitrogens with zero attached hydrogens (tertiary/aromatic N) is 4. The van der Waals surface area contributed by atoms with E-state index in [0.29, 0.717) is 27.1 Å². The third-order valence-corrected chi connectivity index (χ3v) is 5.49. The molecular formula is C21H19ClN6O3S. The lowest BCUT2D eigenvalue weighted by Gasteiger charge is -2.06. The number of nitrogen functional groups attached to an aromatic ring is 1. The highest BCUT2D eigenvalue weighted by molar-refractivity contribution is 7.98. The Morgan fingerprint density at radius 3 is 2.59 bits per heavy atom. The first-order valence-corrected chi connectivity index (χ1v) is 11.0. The Morgan fingerprint density at radius 2 is 1.94 bits per heavy atom. The number of hydrogen-bond donors (Lipinski definition) is 2. The molecule has 0 aliphatic heterocycles. The topological polar surface area (TPSA) is 121 Å². The summed E-state index contributed by atoms with van der Waals surface area (Å²) in [5.74, 6) is 1.32. The van der Waals surface area contributed by atoms with Crippen molar-refractivity contribution in [2.24, 2.45) is 0 Å². The maximum absolute atomic E-state index is 12.5. The molecule has 0 atom stereocenters. The molecule has 32 heavy (non-hydrogen) atoms. The number of thioether (sulfide) groups is 1. The van der Waals surface area contributed by atoms with E-state index in [0.717, 1.165) is 11.3 Å². The summed E-state index contributed by atoms with van der Waals surface area (Å²) >= 11 is 7.24. The van der Waals surface area contributed by atoms with Crippen LogP contribution in [0.4, 0.5) is 11.5 Å². The van der Waals surface area contributed by atoms with Crippen molar-refractivity contribution < 1.29 is 14.1 Å². The number of methoxy groups -OCH3 is 1. The standard InChI is InChI=1S/C21H19ClN6O3S/c1-30-15-9-3-12(4-10-15)19-25-20(31-27-19)17-18(23)28(26-21(17)32-2)11-16(29)24-14-7-5-13(22)6-8-14/h3-10H,11,23H2,1-2H3,(H,24,29). The van der Waals surface area contributed by atoms with Crippen LogP contribution in [0.3, 0.4) is 0 Å². The minimum absolute atomic E-state index is 0.0819. The third-order valence-electron chi connectivity index (χ3n) is 4.56. The average molecular weight is 471 g/mol. The molecule has 0 spiro atoms. The summed E-state index contributed by atoms with van der Waals surface area (Å²) in [7, 11) is 1.60. The number of carbonyl (C=O) groups excluding carboxylic acids is 1. The van der Waals surface area contributed by atoms with Gasteiger partial charge in [-0.25, -0.2) is 4.68 Å². The molecule has 11 heteroatoms. The predicted molar refractivity (Wildman–Crippen MR) is 124 cm³/mol. The summed E-state index contributed by atoms with van der Waals surface area (Å²) in [5, 5.41) is 12.4. The van der Waals surface area contributed by atoms with Crippen LogP contribution in [0.1, 0.15) is 0 Å². The lowest BCUT2D eigenvalue weighted by molar-refractivity contribution is -0.116. The number of nitrogens with one attached hydrogen (secondary N) is 1. The third kappa shape index (κ3) is 4.56. The number of hydrogen-bond acceptors (Lipinski definition) is 8. The Hall–Kier alpha value is -3.50. The quantitative estimate of drug-likeness (QED) is 0.385. The van der Waals surface area contributed by atoms with Gasteiger partial charge in [0.2, 0.25) is 11.7 Å². The van der Waals surface area contributed by atoms with Crippen molar-refractivity contribution >= 4 is 40.8 Å². The zero-order valence-corrected chi connectivity index (χ0v) is 18.8. The highest BCUT2D eigenvalue weighted by Gasteiger charge is 2.23. The van der Waals surface area contributed by atoms with Crippen LogP contribution in [-0.4, -0.2) is 39.2 Å². The number of anilines is 2. The van der Waals surface area contributed by atoms with Gasteiger partial charge in [-0.3, -0.25) is 4.79 Å². The van der Waals surface area contributed by atoms with Crippen molar-refractivity contribution in [3.05, 3.63) is 53.6 Å². The van der Waals surface area contributed by atoms with Gasteiger partial charge in [-0.2, -0.15) is 10.1 Å². The Labute approximate surface area is 192 Å². The van der Waals surface area contributed by atoms with Gasteiger partial charge >= 0.3 is 0 Å². The van der Waals surface area contributed by atoms with Crippen LogP contribution in [0.5, 0.6) is 5.75 Å². The van der Waals surface area contributed by atoms with Crippen molar-refractivity contribution in [2.45, 2.75) is 11.6 Å². The molecule has 0 fully saturated rings. The molecule has 2 aromatic heterocycles. The lowest BCUT2D eigenvalue weighted by atomic mass is 10.2. The van der Waals surface area contributed by atoms with Crippen LogP contribution in [0, 0.1) is 0 Å². The molecule has 3 N–H and O–H groups in total. The fraction of sp³-hybridized carbons (Fsp3) is 0.143. The van der Waals surface area contributed by atoms with Crippen molar-refractivity contribution in [1.82, 2.24) is 19.9 Å². The number of carbonyl (C=O) groups is 1. The van der Waals surface area contributed by atoms with Gasteiger partial charge in [0, 0.05) is 16.3 Å². The van der Waals surface area contributed by atoms with Crippen LogP contribution in [0.2, 0.25) is 5.02 Å². The first-order chi connectivity index (χ1) is 15.5. The molecule has 164 valence electrons. The van der Waals surface area contributed by atoms with E-state index < -0.39 is 0 Å². The van der Waals surface area contributed by atoms with Crippen molar-refractivity contribution in [2.75, 3.05) is 24.4 Å². The summed E-state index contributed by atoms with van der Waals surface area (Å²) in [6.45, 7) is -0.0819. The molecule has 2 aromatic carbocycles. The minimum atomic E-state index is -0.287. The second-order valence-corrected chi connectivity index (χ2v) is 7.87. The van der Waals surface area contributed by atoms with E-state index in [4.69, 9.17) is 26.6 Å². The van der Waals surface area contributed by atoms with E-state index in [9.17, 15) is 4.79 Å². The zero-order chi connectivity index (χ0) is 22.7. The minimum Gasteiger partial charge on any atom is -0.497 e. The van der Waals surface area contributed by atoms with Crippen molar-refractivity contribution in [1.29, 1.82) is 0 Å². The fourth-order valence-electron chi connectivity index (χ4n) is 2.97. The normalized spacial score (nSPS) is 10.8. The van der Waals surface area contributed by atoms with Gasteiger partial charge in [-0.1, -0.05) is 16.8 Å². The number of aromatic nitrogens is 4. The number of nitrogens with two attached hydrogens (primary N) is 1. The molecule has 1 amide bonds. The Balaban J connectivity index is 1.56. The van der Waals surface area contributed by atoms with Crippen LogP contribution >= 0.6 is 23.4 Å². The molecule has 2 heterocycles. The summed E-state index contributed by atoms with van der Waals surface area (Å²) in [6.07, 6.45) is 1.85. The largest absolute Gasteiger partial charge is 0.497 e. The molecule has 4 rings (SSSR count). The monoisotopic (exact) mass is 470 g/mol. The van der Waals surface area contributed by atoms with E-state index in [1.807, 2.05) is 30.5 Å². The molecule has 0 unspecified atom stereocenters. The highest BCUT2D eigenvalue weighted by atomic mass is 35.5. The van der Waals surface area contributed by atoms with Gasteiger partial charge < -0.3 is 20.3 Å². The van der Waals surface area contributed by atoms with Gasteiger partial charge in [0.1, 0.15) is 28.7 Å². The molecule has 0 saturated heterocycles. The molecular weight excluding hydrogens is 452 g/mol. The van der Waals surface area contributed by atoms with Gasteiger partial charge in [-0.05, 0) is 54.8 Å². The van der Waals surface area contributed by atoms with E-state index in [1.165, 1.54) is 16.4 Å². The molecule has 0 radical (unpaired) electrons. The van der Waals surface area contributed by atoms with Gasteiger partial charge in [0.05, 0.1) is 7.11 Å². The summed E-state index contributed by atoms with van der Waals surface area (Å²) < 4.78 is 12.0. The molecule has 0 aliphatic rings. The molecule has 4 aromatic rings. The smallest absolute Gasteiger partial charge is 0.264 e. The second kappa shape index (κ2) is 9.33. The van der Waals surface area contributed by atoms with Crippen LogP contribution in [0.15, 0.2) is 58.1 Å². The Morgan fingerprint density at radius 1 is 1.22 bits per heavy atom. The van der Waals surface area contributed by atoms with E-state index in [-0.39, 0.29) is 24.2 Å². The lowest BCUT2D eigenvalue weighted by Crippen LogP contribution is -2.20. The number of amides is 1. The maximum Gasteiger partial charge on any atom is 0.264 e. The average Bonchev–Trinajstić information content (AvgIpc) is 3.40. The Kier molecular flexibility index (Phi) is 6.33. The van der Waals surface area contributed by atoms with Crippen LogP contribution in [-0.2, 0) is 11.3 Å². The molecule has 9 nitrogen and oxygen atoms in total. The molecule has 0 aliphatic carbocycles. The molecule has 0 saturated carbocycles. The Bertz CT molecular complexity index is 1240. The summed E-state index contributed by atoms with van der Waals surface area (Å²) in [6, 6.07) is 14.1. The first-order valence-electron chi connectivity index (χ1n) is 9.42. The predicted octanol–water partition coefficient (Wildman–Crippen LogP) is 4.20. The number of benzene rings is 2. The number of rotatable bonds is 7. The van der Waals surface area contributed by atoms with E-state index in [2.05, 4.69) is 20.6 Å².